The SMILES string of the molecule is OCC(NC1CC1)c1ncc(Cl)s1. The van der Waals surface area contributed by atoms with Crippen LogP contribution < -0.4 is 5.32 Å². The second-order valence-electron chi connectivity index (χ2n) is 3.18. The quantitative estimate of drug-likeness (QED) is 0.807. The molecule has 1 heterocycles. The molecule has 1 aromatic heterocycles. The van der Waals surface area contributed by atoms with Gasteiger partial charge in [-0.1, -0.05) is 11.6 Å². The molecule has 72 valence electrons. The zero-order chi connectivity index (χ0) is 9.26. The molecule has 2 N–H and O–H groups in total. The average Bonchev–Trinajstić information content (AvgIpc) is 2.84. The molecular weight excluding hydrogens is 208 g/mol. The molecule has 1 aliphatic carbocycles. The first-order valence-electron chi connectivity index (χ1n) is 4.27. The molecule has 0 amide bonds. The molecule has 0 spiro atoms. The fourth-order valence-electron chi connectivity index (χ4n) is 1.16. The second-order valence-corrected chi connectivity index (χ2v) is 4.87. The number of hydrogen-bond donors (Lipinski definition) is 2. The van der Waals surface area contributed by atoms with E-state index in [1.165, 1.54) is 24.2 Å². The minimum Gasteiger partial charge on any atom is -0.394 e. The monoisotopic (exact) mass is 218 g/mol. The Hall–Kier alpha value is -0.160. The van der Waals surface area contributed by atoms with Crippen LogP contribution in [-0.2, 0) is 0 Å². The molecule has 0 aromatic carbocycles. The number of aliphatic hydroxyl groups excluding tert-OH is 1. The minimum absolute atomic E-state index is 0.0370. The van der Waals surface area contributed by atoms with Crippen LogP contribution in [-0.4, -0.2) is 22.7 Å². The average molecular weight is 219 g/mol. The molecule has 1 saturated carbocycles. The van der Waals surface area contributed by atoms with E-state index in [2.05, 4.69) is 10.3 Å². The van der Waals surface area contributed by atoms with Crippen LogP contribution in [0.25, 0.3) is 0 Å². The second kappa shape index (κ2) is 3.92. The van der Waals surface area contributed by atoms with Crippen molar-refractivity contribution in [2.75, 3.05) is 6.61 Å². The Morgan fingerprint density at radius 2 is 2.54 bits per heavy atom. The number of aliphatic hydroxyl groups is 1. The van der Waals surface area contributed by atoms with Gasteiger partial charge in [0, 0.05) is 6.04 Å². The van der Waals surface area contributed by atoms with Gasteiger partial charge >= 0.3 is 0 Å². The van der Waals surface area contributed by atoms with E-state index in [0.717, 1.165) is 5.01 Å². The number of rotatable bonds is 4. The van der Waals surface area contributed by atoms with E-state index in [1.807, 2.05) is 0 Å². The van der Waals surface area contributed by atoms with Gasteiger partial charge in [0.25, 0.3) is 0 Å². The Kier molecular flexibility index (Phi) is 2.83. The topological polar surface area (TPSA) is 45.1 Å². The first-order chi connectivity index (χ1) is 6.29. The summed E-state index contributed by atoms with van der Waals surface area (Å²) in [5, 5.41) is 13.3. The van der Waals surface area contributed by atoms with Crippen molar-refractivity contribution in [1.82, 2.24) is 10.3 Å². The molecule has 1 unspecified atom stereocenters. The number of hydrogen-bond acceptors (Lipinski definition) is 4. The highest BCUT2D eigenvalue weighted by Crippen LogP contribution is 2.27. The lowest BCUT2D eigenvalue weighted by Gasteiger charge is -2.11. The fraction of sp³-hybridized carbons (Fsp3) is 0.625. The van der Waals surface area contributed by atoms with Gasteiger partial charge in [-0.3, -0.25) is 0 Å². The van der Waals surface area contributed by atoms with Crippen LogP contribution in [0, 0.1) is 0 Å². The third kappa shape index (κ3) is 2.40. The lowest BCUT2D eigenvalue weighted by atomic mass is 10.3. The van der Waals surface area contributed by atoms with Crippen molar-refractivity contribution in [1.29, 1.82) is 0 Å². The lowest BCUT2D eigenvalue weighted by molar-refractivity contribution is 0.243. The Balaban J connectivity index is 2.01. The predicted molar refractivity (Wildman–Crippen MR) is 53.1 cm³/mol. The molecule has 1 atom stereocenters. The molecule has 1 aromatic rings. The van der Waals surface area contributed by atoms with Crippen LogP contribution >= 0.6 is 22.9 Å². The zero-order valence-corrected chi connectivity index (χ0v) is 8.61. The number of thiazole rings is 1. The Bertz CT molecular complexity index is 287. The van der Waals surface area contributed by atoms with Gasteiger partial charge in [-0.25, -0.2) is 4.98 Å². The van der Waals surface area contributed by atoms with Crippen LogP contribution in [0.2, 0.25) is 4.34 Å². The van der Waals surface area contributed by atoms with Gasteiger partial charge in [-0.15, -0.1) is 11.3 Å². The van der Waals surface area contributed by atoms with E-state index in [-0.39, 0.29) is 12.6 Å². The van der Waals surface area contributed by atoms with E-state index in [1.54, 1.807) is 6.20 Å². The molecule has 3 nitrogen and oxygen atoms in total. The Labute approximate surface area is 85.8 Å². The molecule has 2 rings (SSSR count). The summed E-state index contributed by atoms with van der Waals surface area (Å²) in [5.74, 6) is 0. The fourth-order valence-corrected chi connectivity index (χ4v) is 2.15. The molecule has 5 heteroatoms. The first-order valence-corrected chi connectivity index (χ1v) is 5.47. The first kappa shape index (κ1) is 9.40. The van der Waals surface area contributed by atoms with Crippen molar-refractivity contribution >= 4 is 22.9 Å². The van der Waals surface area contributed by atoms with Crippen molar-refractivity contribution in [3.63, 3.8) is 0 Å². The summed E-state index contributed by atoms with van der Waals surface area (Å²) in [6, 6.07) is 0.532. The smallest absolute Gasteiger partial charge is 0.113 e. The molecule has 0 aliphatic heterocycles. The summed E-state index contributed by atoms with van der Waals surface area (Å²) in [5.41, 5.74) is 0. The van der Waals surface area contributed by atoms with E-state index in [9.17, 15) is 0 Å². The van der Waals surface area contributed by atoms with E-state index < -0.39 is 0 Å². The standard InChI is InChI=1S/C8H11ClN2OS/c9-7-3-10-8(13-7)6(4-12)11-5-1-2-5/h3,5-6,11-12H,1-2,4H2. The number of aromatic nitrogens is 1. The van der Waals surface area contributed by atoms with Gasteiger partial charge in [0.2, 0.25) is 0 Å². The van der Waals surface area contributed by atoms with Gasteiger partial charge in [0.1, 0.15) is 9.34 Å². The van der Waals surface area contributed by atoms with Crippen molar-refractivity contribution in [2.45, 2.75) is 24.9 Å². The molecule has 13 heavy (non-hydrogen) atoms. The van der Waals surface area contributed by atoms with Gasteiger partial charge in [-0.2, -0.15) is 0 Å². The van der Waals surface area contributed by atoms with E-state index in [0.29, 0.717) is 10.4 Å². The molecule has 1 aliphatic rings. The molecule has 1 fully saturated rings. The van der Waals surface area contributed by atoms with Gasteiger partial charge in [-0.05, 0) is 12.8 Å². The van der Waals surface area contributed by atoms with Crippen molar-refractivity contribution < 1.29 is 5.11 Å². The number of halogens is 1. The Morgan fingerprint density at radius 1 is 1.77 bits per heavy atom. The van der Waals surface area contributed by atoms with Crippen LogP contribution in [0.1, 0.15) is 23.9 Å². The molecular formula is C8H11ClN2OS. The van der Waals surface area contributed by atoms with Crippen LogP contribution in [0.3, 0.4) is 0 Å². The zero-order valence-electron chi connectivity index (χ0n) is 7.03. The maximum absolute atomic E-state index is 9.13. The van der Waals surface area contributed by atoms with Crippen LogP contribution in [0.15, 0.2) is 6.20 Å². The summed E-state index contributed by atoms with van der Waals surface area (Å²) in [7, 11) is 0. The highest BCUT2D eigenvalue weighted by atomic mass is 35.5. The minimum atomic E-state index is -0.0370. The van der Waals surface area contributed by atoms with Gasteiger partial charge in [0.15, 0.2) is 0 Å². The third-order valence-electron chi connectivity index (χ3n) is 1.99. The summed E-state index contributed by atoms with van der Waals surface area (Å²) < 4.78 is 0.672. The molecule has 0 saturated heterocycles. The van der Waals surface area contributed by atoms with E-state index >= 15 is 0 Å². The lowest BCUT2D eigenvalue weighted by Crippen LogP contribution is -2.26. The van der Waals surface area contributed by atoms with Crippen molar-refractivity contribution in [3.05, 3.63) is 15.5 Å². The van der Waals surface area contributed by atoms with E-state index in [4.69, 9.17) is 16.7 Å². The van der Waals surface area contributed by atoms with Crippen LogP contribution in [0.5, 0.6) is 0 Å². The highest BCUT2D eigenvalue weighted by Gasteiger charge is 2.26. The van der Waals surface area contributed by atoms with Gasteiger partial charge in [0.05, 0.1) is 18.8 Å². The molecule has 0 bridgehead atoms. The number of nitrogens with one attached hydrogen (secondary N) is 1. The normalized spacial score (nSPS) is 18.9. The van der Waals surface area contributed by atoms with Crippen molar-refractivity contribution in [2.24, 2.45) is 0 Å². The Morgan fingerprint density at radius 3 is 3.00 bits per heavy atom. The van der Waals surface area contributed by atoms with Gasteiger partial charge < -0.3 is 10.4 Å². The highest BCUT2D eigenvalue weighted by molar-refractivity contribution is 7.15. The number of nitrogens with zero attached hydrogens (tertiary/aromatic N) is 1. The van der Waals surface area contributed by atoms with Crippen molar-refractivity contribution in [3.8, 4) is 0 Å². The summed E-state index contributed by atoms with van der Waals surface area (Å²) in [6.07, 6.45) is 4.03. The largest absolute Gasteiger partial charge is 0.394 e. The summed E-state index contributed by atoms with van der Waals surface area (Å²) >= 11 is 7.18. The summed E-state index contributed by atoms with van der Waals surface area (Å²) in [6.45, 7) is 0.0837. The maximum atomic E-state index is 9.13. The summed E-state index contributed by atoms with van der Waals surface area (Å²) in [4.78, 5) is 4.13. The third-order valence-corrected chi connectivity index (χ3v) is 3.22. The molecule has 0 radical (unpaired) electrons. The predicted octanol–water partition coefficient (Wildman–Crippen LogP) is 1.58. The van der Waals surface area contributed by atoms with Crippen LogP contribution in [0.4, 0.5) is 0 Å². The maximum Gasteiger partial charge on any atom is 0.113 e.